The molecule has 0 atom stereocenters. The topological polar surface area (TPSA) is 29.5 Å². The number of carbonyl (C=O) groups excluding carboxylic acids is 1. The summed E-state index contributed by atoms with van der Waals surface area (Å²) in [6, 6.07) is 5.27. The Labute approximate surface area is 116 Å². The summed E-state index contributed by atoms with van der Waals surface area (Å²) >= 11 is 0. The third-order valence-corrected chi connectivity index (χ3v) is 2.86. The fraction of sp³-hybridized carbons (Fsp3) is 0.500. The van der Waals surface area contributed by atoms with Gasteiger partial charge in [-0.3, -0.25) is 4.79 Å². The highest BCUT2D eigenvalue weighted by Crippen LogP contribution is 2.29. The van der Waals surface area contributed by atoms with Gasteiger partial charge in [0.2, 0.25) is 0 Å². The molecule has 0 amide bonds. The molecule has 0 fully saturated rings. The second kappa shape index (κ2) is 7.28. The minimum absolute atomic E-state index is 0.280. The van der Waals surface area contributed by atoms with Crippen molar-refractivity contribution in [2.75, 3.05) is 20.7 Å². The SMILES string of the molecule is COC(=O)CCCN(C)Cc1cccc(C(F)(F)F)c1. The third kappa shape index (κ3) is 5.61. The summed E-state index contributed by atoms with van der Waals surface area (Å²) in [7, 11) is 3.13. The van der Waals surface area contributed by atoms with Crippen LogP contribution < -0.4 is 0 Å². The minimum atomic E-state index is -4.32. The van der Waals surface area contributed by atoms with Crippen LogP contribution in [0.4, 0.5) is 13.2 Å². The molecule has 0 heterocycles. The molecule has 1 aromatic rings. The van der Waals surface area contributed by atoms with Gasteiger partial charge in [0.05, 0.1) is 12.7 Å². The Hall–Kier alpha value is -1.56. The number of halogens is 3. The van der Waals surface area contributed by atoms with Crippen LogP contribution in [0.2, 0.25) is 0 Å². The summed E-state index contributed by atoms with van der Waals surface area (Å²) in [4.78, 5) is 12.8. The van der Waals surface area contributed by atoms with Gasteiger partial charge in [-0.2, -0.15) is 13.2 Å². The lowest BCUT2D eigenvalue weighted by Gasteiger charge is -2.17. The maximum atomic E-state index is 12.6. The van der Waals surface area contributed by atoms with E-state index in [9.17, 15) is 18.0 Å². The molecular weight excluding hydrogens is 271 g/mol. The first kappa shape index (κ1) is 16.5. The predicted molar refractivity (Wildman–Crippen MR) is 69.0 cm³/mol. The molecule has 112 valence electrons. The minimum Gasteiger partial charge on any atom is -0.469 e. The third-order valence-electron chi connectivity index (χ3n) is 2.86. The summed E-state index contributed by atoms with van der Waals surface area (Å²) in [6.45, 7) is 1.02. The van der Waals surface area contributed by atoms with E-state index >= 15 is 0 Å². The van der Waals surface area contributed by atoms with Crippen molar-refractivity contribution in [1.29, 1.82) is 0 Å². The Morgan fingerprint density at radius 1 is 1.35 bits per heavy atom. The Morgan fingerprint density at radius 3 is 2.65 bits per heavy atom. The lowest BCUT2D eigenvalue weighted by Crippen LogP contribution is -2.20. The molecule has 0 spiro atoms. The Kier molecular flexibility index (Phi) is 6.01. The fourth-order valence-electron chi connectivity index (χ4n) is 1.83. The van der Waals surface area contributed by atoms with Crippen molar-refractivity contribution in [2.24, 2.45) is 0 Å². The summed E-state index contributed by atoms with van der Waals surface area (Å²) in [5.41, 5.74) is -0.0432. The zero-order valence-electron chi connectivity index (χ0n) is 11.5. The number of benzene rings is 1. The maximum Gasteiger partial charge on any atom is 0.416 e. The van der Waals surface area contributed by atoms with Gasteiger partial charge < -0.3 is 9.64 Å². The molecule has 3 nitrogen and oxygen atoms in total. The van der Waals surface area contributed by atoms with E-state index < -0.39 is 11.7 Å². The Morgan fingerprint density at radius 2 is 2.05 bits per heavy atom. The normalized spacial score (nSPS) is 11.7. The molecule has 1 aromatic carbocycles. The molecule has 0 aliphatic rings. The van der Waals surface area contributed by atoms with Gasteiger partial charge in [-0.05, 0) is 31.6 Å². The van der Waals surface area contributed by atoms with E-state index in [1.54, 1.807) is 13.1 Å². The number of ether oxygens (including phenoxy) is 1. The van der Waals surface area contributed by atoms with Crippen LogP contribution >= 0.6 is 0 Å². The molecule has 0 aliphatic carbocycles. The number of methoxy groups -OCH3 is 1. The summed E-state index contributed by atoms with van der Waals surface area (Å²) in [5.74, 6) is -0.280. The Balaban J connectivity index is 2.50. The molecule has 6 heteroatoms. The van der Waals surface area contributed by atoms with E-state index in [1.807, 2.05) is 4.90 Å². The van der Waals surface area contributed by atoms with E-state index in [2.05, 4.69) is 4.74 Å². The van der Waals surface area contributed by atoms with Gasteiger partial charge in [-0.15, -0.1) is 0 Å². The number of esters is 1. The number of hydrogen-bond donors (Lipinski definition) is 0. The first-order valence-corrected chi connectivity index (χ1v) is 6.24. The molecule has 0 unspecified atom stereocenters. The van der Waals surface area contributed by atoms with Crippen LogP contribution in [0.15, 0.2) is 24.3 Å². The number of nitrogens with zero attached hydrogens (tertiary/aromatic N) is 1. The van der Waals surface area contributed by atoms with Gasteiger partial charge >= 0.3 is 12.1 Å². The van der Waals surface area contributed by atoms with Crippen LogP contribution in [0.3, 0.4) is 0 Å². The van der Waals surface area contributed by atoms with Crippen molar-refractivity contribution >= 4 is 5.97 Å². The van der Waals surface area contributed by atoms with Gasteiger partial charge in [0.15, 0.2) is 0 Å². The number of carbonyl (C=O) groups is 1. The predicted octanol–water partition coefficient (Wildman–Crippen LogP) is 3.09. The Bertz CT molecular complexity index is 446. The molecular formula is C14H18F3NO2. The van der Waals surface area contributed by atoms with Crippen LogP contribution in [0.1, 0.15) is 24.0 Å². The molecule has 0 N–H and O–H groups in total. The van der Waals surface area contributed by atoms with E-state index in [-0.39, 0.29) is 5.97 Å². The first-order valence-electron chi connectivity index (χ1n) is 6.24. The van der Waals surface area contributed by atoms with Crippen LogP contribution in [0.25, 0.3) is 0 Å². The monoisotopic (exact) mass is 289 g/mol. The van der Waals surface area contributed by atoms with Gasteiger partial charge in [0, 0.05) is 13.0 Å². The molecule has 0 saturated heterocycles. The highest BCUT2D eigenvalue weighted by Gasteiger charge is 2.30. The smallest absolute Gasteiger partial charge is 0.416 e. The second-order valence-electron chi connectivity index (χ2n) is 4.62. The van der Waals surface area contributed by atoms with Crippen LogP contribution in [-0.4, -0.2) is 31.6 Å². The van der Waals surface area contributed by atoms with Crippen molar-refractivity contribution in [1.82, 2.24) is 4.90 Å². The fourth-order valence-corrected chi connectivity index (χ4v) is 1.83. The van der Waals surface area contributed by atoms with Gasteiger partial charge in [0.1, 0.15) is 0 Å². The molecule has 0 bridgehead atoms. The van der Waals surface area contributed by atoms with Crippen molar-refractivity contribution in [3.05, 3.63) is 35.4 Å². The largest absolute Gasteiger partial charge is 0.469 e. The second-order valence-corrected chi connectivity index (χ2v) is 4.62. The van der Waals surface area contributed by atoms with Gasteiger partial charge in [0.25, 0.3) is 0 Å². The van der Waals surface area contributed by atoms with Crippen LogP contribution in [-0.2, 0) is 22.3 Å². The van der Waals surface area contributed by atoms with Crippen molar-refractivity contribution in [3.8, 4) is 0 Å². The number of alkyl halides is 3. The molecule has 20 heavy (non-hydrogen) atoms. The van der Waals surface area contributed by atoms with Gasteiger partial charge in [-0.1, -0.05) is 18.2 Å². The molecule has 0 aliphatic heterocycles. The zero-order chi connectivity index (χ0) is 15.2. The van der Waals surface area contributed by atoms with Gasteiger partial charge in [-0.25, -0.2) is 0 Å². The van der Waals surface area contributed by atoms with Crippen LogP contribution in [0.5, 0.6) is 0 Å². The zero-order valence-corrected chi connectivity index (χ0v) is 11.5. The quantitative estimate of drug-likeness (QED) is 0.754. The average molecular weight is 289 g/mol. The summed E-state index contributed by atoms with van der Waals surface area (Å²) in [6.07, 6.45) is -3.40. The maximum absolute atomic E-state index is 12.6. The lowest BCUT2D eigenvalue weighted by molar-refractivity contribution is -0.141. The first-order chi connectivity index (χ1) is 9.32. The van der Waals surface area contributed by atoms with Crippen molar-refractivity contribution < 1.29 is 22.7 Å². The molecule has 1 rings (SSSR count). The highest BCUT2D eigenvalue weighted by molar-refractivity contribution is 5.69. The summed E-state index contributed by atoms with van der Waals surface area (Å²) in [5, 5.41) is 0. The van der Waals surface area contributed by atoms with Crippen molar-refractivity contribution in [2.45, 2.75) is 25.6 Å². The van der Waals surface area contributed by atoms with Crippen molar-refractivity contribution in [3.63, 3.8) is 0 Å². The highest BCUT2D eigenvalue weighted by atomic mass is 19.4. The van der Waals surface area contributed by atoms with E-state index in [0.29, 0.717) is 31.5 Å². The van der Waals surface area contributed by atoms with E-state index in [4.69, 9.17) is 0 Å². The molecule has 0 aromatic heterocycles. The van der Waals surface area contributed by atoms with E-state index in [0.717, 1.165) is 12.1 Å². The van der Waals surface area contributed by atoms with Crippen LogP contribution in [0, 0.1) is 0 Å². The molecule has 0 radical (unpaired) electrons. The average Bonchev–Trinajstić information content (AvgIpc) is 2.37. The number of rotatable bonds is 6. The number of hydrogen-bond acceptors (Lipinski definition) is 3. The summed E-state index contributed by atoms with van der Waals surface area (Å²) < 4.78 is 42.2. The standard InChI is InChI=1S/C14H18F3NO2/c1-18(8-4-7-13(19)20-2)10-11-5-3-6-12(9-11)14(15,16)17/h3,5-6,9H,4,7-8,10H2,1-2H3. The van der Waals surface area contributed by atoms with E-state index in [1.165, 1.54) is 13.2 Å². The lowest BCUT2D eigenvalue weighted by atomic mass is 10.1. The molecule has 0 saturated carbocycles.